The molecule has 1 aromatic rings. The molecule has 1 unspecified atom stereocenters. The van der Waals surface area contributed by atoms with Gasteiger partial charge in [0.2, 0.25) is 0 Å². The van der Waals surface area contributed by atoms with Crippen LogP contribution in [-0.2, 0) is 25.5 Å². The number of hydrogen-bond acceptors (Lipinski definition) is 7. The third-order valence-corrected chi connectivity index (χ3v) is 7.08. The Hall–Kier alpha value is -2.54. The Morgan fingerprint density at radius 1 is 1.03 bits per heavy atom. The van der Waals surface area contributed by atoms with Crippen LogP contribution in [0.15, 0.2) is 36.7 Å². The Morgan fingerprint density at radius 2 is 1.64 bits per heavy atom. The van der Waals surface area contributed by atoms with Crippen molar-refractivity contribution in [1.82, 2.24) is 9.97 Å². The Balaban J connectivity index is 1.88. The van der Waals surface area contributed by atoms with E-state index in [0.29, 0.717) is 30.8 Å². The number of hydrogen-bond donors (Lipinski definition) is 1. The lowest BCUT2D eigenvalue weighted by atomic mass is 9.77. The van der Waals surface area contributed by atoms with E-state index >= 15 is 0 Å². The summed E-state index contributed by atoms with van der Waals surface area (Å²) in [6.45, 7) is 10.9. The summed E-state index contributed by atoms with van der Waals surface area (Å²) in [4.78, 5) is 32.8. The van der Waals surface area contributed by atoms with Crippen LogP contribution in [0.5, 0.6) is 0 Å². The maximum atomic E-state index is 11.8. The predicted molar refractivity (Wildman–Crippen MR) is 140 cm³/mol. The van der Waals surface area contributed by atoms with Crippen molar-refractivity contribution in [3.63, 3.8) is 0 Å². The summed E-state index contributed by atoms with van der Waals surface area (Å²) in [5, 5.41) is 9.02. The van der Waals surface area contributed by atoms with Crippen molar-refractivity contribution in [2.24, 2.45) is 11.8 Å². The lowest BCUT2D eigenvalue weighted by Gasteiger charge is -2.28. The fourth-order valence-corrected chi connectivity index (χ4v) is 4.68. The molecule has 0 amide bonds. The van der Waals surface area contributed by atoms with Gasteiger partial charge in [-0.15, -0.1) is 0 Å². The number of aliphatic hydroxyl groups excluding tert-OH is 1. The van der Waals surface area contributed by atoms with E-state index < -0.39 is 18.5 Å². The first kappa shape index (κ1) is 29.7. The minimum absolute atomic E-state index is 0.0239. The van der Waals surface area contributed by atoms with Gasteiger partial charge in [0.15, 0.2) is 0 Å². The van der Waals surface area contributed by atoms with Crippen LogP contribution in [0, 0.1) is 11.8 Å². The van der Waals surface area contributed by atoms with Crippen LogP contribution in [0.1, 0.15) is 95.4 Å². The standard InChI is InChI=1S/C29H44N2O5/c1-5-6-7-8-23-9-11-25(12-10-23)26-18-30-27(31-19-26)17-24(13-15-35-28(33)21(2)3)14-16-36-29(34)22(4)20-32/h18-19,23-25,32H,2,4-17,20H2,1,3H3. The molecule has 0 saturated heterocycles. The van der Waals surface area contributed by atoms with Gasteiger partial charge >= 0.3 is 11.9 Å². The van der Waals surface area contributed by atoms with Crippen molar-refractivity contribution in [3.8, 4) is 0 Å². The zero-order valence-electron chi connectivity index (χ0n) is 22.2. The SMILES string of the molecule is C=C(C)C(=O)OCCC(CCOC(=O)C(=C)CO)Cc1ncc(C2CCC(CCCCC)CC2)cn1. The molecule has 1 aliphatic carbocycles. The third kappa shape index (κ3) is 10.6. The first-order valence-electron chi connectivity index (χ1n) is 13.4. The quantitative estimate of drug-likeness (QED) is 0.182. The average Bonchev–Trinajstić information content (AvgIpc) is 2.88. The highest BCUT2D eigenvalue weighted by Crippen LogP contribution is 2.37. The summed E-state index contributed by atoms with van der Waals surface area (Å²) in [5.74, 6) is 1.18. The Bertz CT molecular complexity index is 844. The summed E-state index contributed by atoms with van der Waals surface area (Å²) in [7, 11) is 0. The fraction of sp³-hybridized carbons (Fsp3) is 0.655. The molecule has 0 spiro atoms. The highest BCUT2D eigenvalue weighted by atomic mass is 16.5. The maximum Gasteiger partial charge on any atom is 0.335 e. The van der Waals surface area contributed by atoms with Gasteiger partial charge in [0.1, 0.15) is 5.82 Å². The normalized spacial score (nSPS) is 18.3. The molecule has 200 valence electrons. The van der Waals surface area contributed by atoms with Crippen molar-refractivity contribution < 1.29 is 24.2 Å². The molecular formula is C29H44N2O5. The van der Waals surface area contributed by atoms with E-state index in [1.807, 2.05) is 12.4 Å². The smallest absolute Gasteiger partial charge is 0.335 e. The van der Waals surface area contributed by atoms with Crippen LogP contribution in [-0.4, -0.2) is 46.8 Å². The molecule has 0 aromatic carbocycles. The van der Waals surface area contributed by atoms with Crippen LogP contribution in [0.4, 0.5) is 0 Å². The molecule has 1 atom stereocenters. The minimum Gasteiger partial charge on any atom is -0.462 e. The summed E-state index contributed by atoms with van der Waals surface area (Å²) in [6, 6.07) is 0. The van der Waals surface area contributed by atoms with Gasteiger partial charge in [0.25, 0.3) is 0 Å². The molecule has 36 heavy (non-hydrogen) atoms. The first-order valence-corrected chi connectivity index (χ1v) is 13.4. The van der Waals surface area contributed by atoms with Crippen LogP contribution in [0.25, 0.3) is 0 Å². The van der Waals surface area contributed by atoms with Crippen LogP contribution in [0.2, 0.25) is 0 Å². The molecule has 2 rings (SSSR count). The highest BCUT2D eigenvalue weighted by Gasteiger charge is 2.23. The van der Waals surface area contributed by atoms with E-state index in [1.54, 1.807) is 6.92 Å². The monoisotopic (exact) mass is 500 g/mol. The number of rotatable bonds is 16. The number of carbonyl (C=O) groups is 2. The van der Waals surface area contributed by atoms with E-state index in [-0.39, 0.29) is 24.7 Å². The van der Waals surface area contributed by atoms with Crippen molar-refractivity contribution >= 4 is 11.9 Å². The Kier molecular flexibility index (Phi) is 13.4. The molecule has 1 fully saturated rings. The maximum absolute atomic E-state index is 11.8. The lowest BCUT2D eigenvalue weighted by Crippen LogP contribution is -2.18. The molecular weight excluding hydrogens is 456 g/mol. The number of nitrogens with zero attached hydrogens (tertiary/aromatic N) is 2. The van der Waals surface area contributed by atoms with Crippen LogP contribution in [0.3, 0.4) is 0 Å². The summed E-state index contributed by atoms with van der Waals surface area (Å²) in [5.41, 5.74) is 1.60. The molecule has 0 radical (unpaired) electrons. The van der Waals surface area contributed by atoms with Crippen LogP contribution >= 0.6 is 0 Å². The molecule has 1 aromatic heterocycles. The number of aromatic nitrogens is 2. The average molecular weight is 501 g/mol. The van der Waals surface area contributed by atoms with Gasteiger partial charge in [0, 0.05) is 24.4 Å². The number of ether oxygens (including phenoxy) is 2. The first-order chi connectivity index (χ1) is 17.3. The van der Waals surface area contributed by atoms with Gasteiger partial charge in [-0.05, 0) is 68.8 Å². The zero-order chi connectivity index (χ0) is 26.3. The lowest BCUT2D eigenvalue weighted by molar-refractivity contribution is -0.139. The summed E-state index contributed by atoms with van der Waals surface area (Å²) < 4.78 is 10.5. The van der Waals surface area contributed by atoms with Crippen molar-refractivity contribution in [2.45, 2.75) is 90.4 Å². The molecule has 1 aliphatic rings. The van der Waals surface area contributed by atoms with Gasteiger partial charge in [-0.1, -0.05) is 45.8 Å². The van der Waals surface area contributed by atoms with E-state index in [9.17, 15) is 9.59 Å². The van der Waals surface area contributed by atoms with Crippen molar-refractivity contribution in [2.75, 3.05) is 19.8 Å². The number of carbonyl (C=O) groups excluding carboxylic acids is 2. The Labute approximate surface area is 216 Å². The molecule has 1 heterocycles. The number of esters is 2. The molecule has 7 heteroatoms. The topological polar surface area (TPSA) is 98.6 Å². The Morgan fingerprint density at radius 3 is 2.19 bits per heavy atom. The van der Waals surface area contributed by atoms with Gasteiger partial charge in [-0.3, -0.25) is 0 Å². The number of unbranched alkanes of at least 4 members (excludes halogenated alkanes) is 2. The molecule has 0 bridgehead atoms. The van der Waals surface area contributed by atoms with Gasteiger partial charge in [0.05, 0.1) is 25.4 Å². The van der Waals surface area contributed by atoms with Crippen LogP contribution < -0.4 is 0 Å². The zero-order valence-corrected chi connectivity index (χ0v) is 22.2. The third-order valence-electron chi connectivity index (χ3n) is 7.08. The second-order valence-electron chi connectivity index (χ2n) is 10.1. The predicted octanol–water partition coefficient (Wildman–Crippen LogP) is 5.48. The minimum atomic E-state index is -0.606. The number of aliphatic hydroxyl groups is 1. The summed E-state index contributed by atoms with van der Waals surface area (Å²) in [6.07, 6.45) is 16.0. The molecule has 1 N–H and O–H groups in total. The van der Waals surface area contributed by atoms with Crippen molar-refractivity contribution in [1.29, 1.82) is 0 Å². The van der Waals surface area contributed by atoms with Crippen molar-refractivity contribution in [3.05, 3.63) is 48.1 Å². The van der Waals surface area contributed by atoms with Gasteiger partial charge in [-0.2, -0.15) is 0 Å². The second kappa shape index (κ2) is 16.3. The van der Waals surface area contributed by atoms with E-state index in [0.717, 1.165) is 11.7 Å². The fourth-order valence-electron chi connectivity index (χ4n) is 4.68. The summed E-state index contributed by atoms with van der Waals surface area (Å²) >= 11 is 0. The van der Waals surface area contributed by atoms with E-state index in [4.69, 9.17) is 14.6 Å². The second-order valence-corrected chi connectivity index (χ2v) is 10.1. The molecule has 0 aliphatic heterocycles. The van der Waals surface area contributed by atoms with Gasteiger partial charge in [-0.25, -0.2) is 19.6 Å². The van der Waals surface area contributed by atoms with E-state index in [1.165, 1.54) is 56.9 Å². The highest BCUT2D eigenvalue weighted by molar-refractivity contribution is 5.88. The molecule has 1 saturated carbocycles. The van der Waals surface area contributed by atoms with Gasteiger partial charge < -0.3 is 14.6 Å². The largest absolute Gasteiger partial charge is 0.462 e. The van der Waals surface area contributed by atoms with E-state index in [2.05, 4.69) is 30.0 Å². The molecule has 7 nitrogen and oxygen atoms in total.